The van der Waals surface area contributed by atoms with Gasteiger partial charge in [0, 0.05) is 6.54 Å². The average Bonchev–Trinajstić information content (AvgIpc) is 2.37. The SMILES string of the molecule is CCN1C(=S)N(Br)C(CC)(CC)C1=S. The maximum atomic E-state index is 5.49. The summed E-state index contributed by atoms with van der Waals surface area (Å²) < 4.78 is 1.97. The molecule has 0 bridgehead atoms. The van der Waals surface area contributed by atoms with E-state index in [4.69, 9.17) is 24.4 Å². The molecule has 0 atom stereocenters. The lowest BCUT2D eigenvalue weighted by atomic mass is 9.94. The van der Waals surface area contributed by atoms with Crippen LogP contribution in [0, 0.1) is 0 Å². The van der Waals surface area contributed by atoms with Crippen LogP contribution in [0.4, 0.5) is 0 Å². The third-order valence-corrected chi connectivity index (χ3v) is 5.16. The van der Waals surface area contributed by atoms with E-state index in [2.05, 4.69) is 36.9 Å². The molecule has 0 aromatic rings. The van der Waals surface area contributed by atoms with Gasteiger partial charge in [-0.2, -0.15) is 0 Å². The van der Waals surface area contributed by atoms with Gasteiger partial charge in [0.2, 0.25) is 0 Å². The molecule has 0 N–H and O–H groups in total. The Morgan fingerprint density at radius 1 is 1.21 bits per heavy atom. The molecule has 1 fully saturated rings. The molecule has 80 valence electrons. The van der Waals surface area contributed by atoms with Crippen molar-refractivity contribution in [1.82, 2.24) is 8.83 Å². The lowest BCUT2D eigenvalue weighted by Crippen LogP contribution is -2.43. The highest BCUT2D eigenvalue weighted by molar-refractivity contribution is 9.07. The maximum Gasteiger partial charge on any atom is 0.187 e. The van der Waals surface area contributed by atoms with Crippen molar-refractivity contribution >= 4 is 50.7 Å². The Hall–Kier alpha value is 0.260. The molecule has 5 heteroatoms. The molecule has 1 rings (SSSR count). The molecule has 0 saturated carbocycles. The summed E-state index contributed by atoms with van der Waals surface area (Å²) in [5.41, 5.74) is -0.0948. The number of hydrogen-bond acceptors (Lipinski definition) is 2. The summed E-state index contributed by atoms with van der Waals surface area (Å²) >= 11 is 14.4. The molecule has 0 amide bonds. The van der Waals surface area contributed by atoms with Gasteiger partial charge in [-0.25, -0.2) is 0 Å². The number of thiocarbonyl (C=S) groups is 2. The standard InChI is InChI=1S/C9H15BrN2S2/c1-4-9(5-2)7(13)11(6-3)8(14)12(9)10/h4-6H2,1-3H3. The zero-order valence-electron chi connectivity index (χ0n) is 8.71. The Balaban J connectivity index is 3.10. The van der Waals surface area contributed by atoms with Crippen molar-refractivity contribution in [2.75, 3.05) is 6.54 Å². The molecule has 1 saturated heterocycles. The van der Waals surface area contributed by atoms with Crippen molar-refractivity contribution in [2.24, 2.45) is 0 Å². The van der Waals surface area contributed by atoms with Gasteiger partial charge in [-0.05, 0) is 32.0 Å². The monoisotopic (exact) mass is 294 g/mol. The van der Waals surface area contributed by atoms with Gasteiger partial charge >= 0.3 is 0 Å². The predicted octanol–water partition coefficient (Wildman–Crippen LogP) is 3.10. The molecule has 0 aromatic heterocycles. The molecule has 2 nitrogen and oxygen atoms in total. The van der Waals surface area contributed by atoms with Crippen molar-refractivity contribution < 1.29 is 0 Å². The minimum absolute atomic E-state index is 0.0948. The van der Waals surface area contributed by atoms with Crippen LogP contribution < -0.4 is 0 Å². The lowest BCUT2D eigenvalue weighted by molar-refractivity contribution is 0.392. The van der Waals surface area contributed by atoms with Crippen molar-refractivity contribution in [3.63, 3.8) is 0 Å². The minimum Gasteiger partial charge on any atom is -0.311 e. The summed E-state index contributed by atoms with van der Waals surface area (Å²) in [6.07, 6.45) is 1.95. The van der Waals surface area contributed by atoms with Crippen molar-refractivity contribution in [3.05, 3.63) is 0 Å². The van der Waals surface area contributed by atoms with Gasteiger partial charge in [-0.15, -0.1) is 0 Å². The second kappa shape index (κ2) is 4.41. The summed E-state index contributed by atoms with van der Waals surface area (Å²) in [7, 11) is 0. The van der Waals surface area contributed by atoms with E-state index in [1.165, 1.54) is 0 Å². The Morgan fingerprint density at radius 3 is 1.93 bits per heavy atom. The first-order valence-corrected chi connectivity index (χ1v) is 6.39. The Morgan fingerprint density at radius 2 is 1.71 bits per heavy atom. The van der Waals surface area contributed by atoms with Gasteiger partial charge in [-0.3, -0.25) is 3.93 Å². The Labute approximate surface area is 105 Å². The van der Waals surface area contributed by atoms with E-state index in [1.54, 1.807) is 0 Å². The van der Waals surface area contributed by atoms with E-state index in [1.807, 2.05) is 8.83 Å². The molecule has 1 aliphatic heterocycles. The van der Waals surface area contributed by atoms with E-state index in [0.29, 0.717) is 0 Å². The first-order chi connectivity index (χ1) is 6.55. The number of rotatable bonds is 3. The van der Waals surface area contributed by atoms with Crippen LogP contribution in [0.5, 0.6) is 0 Å². The molecule has 0 radical (unpaired) electrons. The van der Waals surface area contributed by atoms with E-state index >= 15 is 0 Å². The van der Waals surface area contributed by atoms with Crippen LogP contribution in [-0.4, -0.2) is 31.0 Å². The van der Waals surface area contributed by atoms with Gasteiger partial charge in [0.15, 0.2) is 5.11 Å². The highest BCUT2D eigenvalue weighted by Gasteiger charge is 2.48. The topological polar surface area (TPSA) is 6.48 Å². The van der Waals surface area contributed by atoms with Gasteiger partial charge in [0.1, 0.15) is 10.5 Å². The third kappa shape index (κ3) is 1.49. The first-order valence-electron chi connectivity index (χ1n) is 4.87. The Kier molecular flexibility index (Phi) is 3.88. The van der Waals surface area contributed by atoms with Gasteiger partial charge < -0.3 is 4.90 Å². The summed E-state index contributed by atoms with van der Waals surface area (Å²) in [5, 5.41) is 0.793. The molecular weight excluding hydrogens is 280 g/mol. The van der Waals surface area contributed by atoms with Gasteiger partial charge in [0.25, 0.3) is 0 Å². The highest BCUT2D eigenvalue weighted by Crippen LogP contribution is 2.37. The van der Waals surface area contributed by atoms with Crippen molar-refractivity contribution in [2.45, 2.75) is 39.2 Å². The van der Waals surface area contributed by atoms with Crippen LogP contribution in [0.3, 0.4) is 0 Å². The van der Waals surface area contributed by atoms with Gasteiger partial charge in [0.05, 0.1) is 16.1 Å². The second-order valence-corrected chi connectivity index (χ2v) is 4.81. The quantitative estimate of drug-likeness (QED) is 0.583. The molecular formula is C9H15BrN2S2. The zero-order valence-corrected chi connectivity index (χ0v) is 11.9. The summed E-state index contributed by atoms with van der Waals surface area (Å²) in [6, 6.07) is 0. The molecule has 14 heavy (non-hydrogen) atoms. The van der Waals surface area contributed by atoms with E-state index in [0.717, 1.165) is 29.5 Å². The summed E-state index contributed by atoms with van der Waals surface area (Å²) in [5.74, 6) is 0. The molecule has 0 unspecified atom stereocenters. The number of likely N-dealkylation sites (N-methyl/N-ethyl adjacent to an activating group) is 1. The predicted molar refractivity (Wildman–Crippen MR) is 71.7 cm³/mol. The normalized spacial score (nSPS) is 20.9. The van der Waals surface area contributed by atoms with Gasteiger partial charge in [-0.1, -0.05) is 26.1 Å². The highest BCUT2D eigenvalue weighted by atomic mass is 79.9. The lowest BCUT2D eigenvalue weighted by Gasteiger charge is -2.31. The Bertz CT molecular complexity index is 264. The fourth-order valence-corrected chi connectivity index (χ4v) is 3.85. The summed E-state index contributed by atoms with van der Waals surface area (Å²) in [6.45, 7) is 7.21. The van der Waals surface area contributed by atoms with E-state index in [9.17, 15) is 0 Å². The fourth-order valence-electron chi connectivity index (χ4n) is 1.82. The van der Waals surface area contributed by atoms with Crippen LogP contribution in [0.15, 0.2) is 0 Å². The average molecular weight is 295 g/mol. The number of hydrogen-bond donors (Lipinski definition) is 0. The smallest absolute Gasteiger partial charge is 0.187 e. The second-order valence-electron chi connectivity index (χ2n) is 3.35. The van der Waals surface area contributed by atoms with E-state index < -0.39 is 0 Å². The minimum atomic E-state index is -0.0948. The molecule has 0 aromatic carbocycles. The molecule has 1 aliphatic rings. The maximum absolute atomic E-state index is 5.49. The van der Waals surface area contributed by atoms with Crippen LogP contribution in [0.25, 0.3) is 0 Å². The largest absolute Gasteiger partial charge is 0.311 e. The first kappa shape index (κ1) is 12.3. The summed E-state index contributed by atoms with van der Waals surface area (Å²) in [4.78, 5) is 2.97. The van der Waals surface area contributed by atoms with Crippen LogP contribution in [-0.2, 0) is 0 Å². The van der Waals surface area contributed by atoms with Crippen LogP contribution >= 0.6 is 40.6 Å². The molecule has 0 spiro atoms. The molecule has 0 aliphatic carbocycles. The van der Waals surface area contributed by atoms with Crippen molar-refractivity contribution in [3.8, 4) is 0 Å². The van der Waals surface area contributed by atoms with Crippen molar-refractivity contribution in [1.29, 1.82) is 0 Å². The fraction of sp³-hybridized carbons (Fsp3) is 0.778. The molecule has 1 heterocycles. The van der Waals surface area contributed by atoms with E-state index in [-0.39, 0.29) is 5.54 Å². The zero-order chi connectivity index (χ0) is 10.9. The number of nitrogens with zero attached hydrogens (tertiary/aromatic N) is 2. The number of halogens is 1. The van der Waals surface area contributed by atoms with Crippen LogP contribution in [0.2, 0.25) is 0 Å². The van der Waals surface area contributed by atoms with Crippen LogP contribution in [0.1, 0.15) is 33.6 Å². The third-order valence-electron chi connectivity index (χ3n) is 2.90.